The van der Waals surface area contributed by atoms with E-state index in [1.54, 1.807) is 0 Å². The fraction of sp³-hybridized carbons (Fsp3) is 0.476. The fourth-order valence-electron chi connectivity index (χ4n) is 4.78. The molecule has 26 heavy (non-hydrogen) atoms. The van der Waals surface area contributed by atoms with Crippen LogP contribution in [0.1, 0.15) is 30.4 Å². The third-order valence-electron chi connectivity index (χ3n) is 6.16. The maximum absolute atomic E-state index is 12.8. The lowest BCUT2D eigenvalue weighted by atomic mass is 9.63. The highest BCUT2D eigenvalue weighted by Crippen LogP contribution is 2.49. The highest BCUT2D eigenvalue weighted by molar-refractivity contribution is 6.06. The van der Waals surface area contributed by atoms with Gasteiger partial charge < -0.3 is 5.32 Å². The molecule has 4 atom stereocenters. The molecule has 4 aliphatic rings. The number of likely N-dealkylation sites (tertiary alicyclic amines) is 1. The number of fused-ring (bicyclic) bond motifs is 1. The number of hydrogen-bond acceptors (Lipinski definition) is 3. The van der Waals surface area contributed by atoms with Crippen molar-refractivity contribution in [2.75, 3.05) is 11.9 Å². The average molecular weight is 352 g/mol. The predicted molar refractivity (Wildman–Crippen MR) is 98.2 cm³/mol. The smallest absolute Gasteiger partial charge is 0.233 e. The summed E-state index contributed by atoms with van der Waals surface area (Å²) in [4.78, 5) is 39.2. The molecule has 0 spiro atoms. The quantitative estimate of drug-likeness (QED) is 0.669. The number of rotatable bonds is 4. The number of para-hydroxylation sites is 1. The van der Waals surface area contributed by atoms with Crippen LogP contribution in [0.15, 0.2) is 30.4 Å². The molecule has 1 aromatic rings. The largest absolute Gasteiger partial charge is 0.326 e. The van der Waals surface area contributed by atoms with Crippen molar-refractivity contribution in [3.8, 4) is 0 Å². The van der Waals surface area contributed by atoms with Gasteiger partial charge in [0.25, 0.3) is 0 Å². The zero-order chi connectivity index (χ0) is 18.4. The molecule has 0 unspecified atom stereocenters. The van der Waals surface area contributed by atoms with Gasteiger partial charge in [0.05, 0.1) is 11.8 Å². The minimum atomic E-state index is -0.201. The molecule has 136 valence electrons. The Morgan fingerprint density at radius 1 is 1.04 bits per heavy atom. The van der Waals surface area contributed by atoms with Crippen LogP contribution in [0.4, 0.5) is 5.69 Å². The lowest BCUT2D eigenvalue weighted by Gasteiger charge is -2.38. The highest BCUT2D eigenvalue weighted by Gasteiger charge is 2.56. The van der Waals surface area contributed by atoms with Crippen LogP contribution in [0.5, 0.6) is 0 Å². The second-order valence-electron chi connectivity index (χ2n) is 7.73. The number of nitrogens with one attached hydrogen (secondary N) is 1. The molecular weight excluding hydrogens is 328 g/mol. The molecule has 1 saturated heterocycles. The van der Waals surface area contributed by atoms with Crippen molar-refractivity contribution in [3.05, 3.63) is 41.5 Å². The first-order chi connectivity index (χ1) is 12.5. The molecule has 3 aliphatic carbocycles. The fourth-order valence-corrected chi connectivity index (χ4v) is 4.78. The number of allylic oxidation sites excluding steroid dienone is 2. The van der Waals surface area contributed by atoms with Crippen molar-refractivity contribution in [2.45, 2.75) is 33.1 Å². The summed E-state index contributed by atoms with van der Waals surface area (Å²) in [5, 5.41) is 2.92. The summed E-state index contributed by atoms with van der Waals surface area (Å²) in [5.74, 6) is -0.359. The van der Waals surface area contributed by atoms with Crippen LogP contribution in [0.25, 0.3) is 0 Å². The van der Waals surface area contributed by atoms with Crippen LogP contribution in [0.3, 0.4) is 0 Å². The Bertz CT molecular complexity index is 761. The Hall–Kier alpha value is -2.43. The molecule has 1 N–H and O–H groups in total. The number of benzene rings is 1. The molecule has 0 radical (unpaired) electrons. The number of amides is 3. The highest BCUT2D eigenvalue weighted by atomic mass is 16.2. The van der Waals surface area contributed by atoms with E-state index in [9.17, 15) is 14.4 Å². The molecule has 1 aromatic carbocycles. The first kappa shape index (κ1) is 17.0. The summed E-state index contributed by atoms with van der Waals surface area (Å²) in [7, 11) is 0. The van der Waals surface area contributed by atoms with Gasteiger partial charge in [0.2, 0.25) is 17.7 Å². The van der Waals surface area contributed by atoms with Crippen molar-refractivity contribution < 1.29 is 14.4 Å². The molecular formula is C21H24N2O3. The molecule has 5 nitrogen and oxygen atoms in total. The van der Waals surface area contributed by atoms with Gasteiger partial charge in [-0.25, -0.2) is 0 Å². The van der Waals surface area contributed by atoms with E-state index >= 15 is 0 Å². The minimum Gasteiger partial charge on any atom is -0.326 e. The molecule has 3 amide bonds. The van der Waals surface area contributed by atoms with Gasteiger partial charge >= 0.3 is 0 Å². The number of aryl methyl sites for hydroxylation is 2. The van der Waals surface area contributed by atoms with E-state index in [2.05, 4.69) is 17.5 Å². The zero-order valence-corrected chi connectivity index (χ0v) is 15.2. The van der Waals surface area contributed by atoms with Crippen molar-refractivity contribution in [1.82, 2.24) is 4.90 Å². The van der Waals surface area contributed by atoms with Gasteiger partial charge in [-0.3, -0.25) is 19.3 Å². The molecule has 1 saturated carbocycles. The first-order valence-corrected chi connectivity index (χ1v) is 9.37. The van der Waals surface area contributed by atoms with E-state index in [4.69, 9.17) is 0 Å². The van der Waals surface area contributed by atoms with E-state index in [1.807, 2.05) is 32.0 Å². The number of imide groups is 1. The van der Waals surface area contributed by atoms with Gasteiger partial charge in [0.15, 0.2) is 0 Å². The maximum atomic E-state index is 12.8. The standard InChI is InChI=1S/C21H24N2O3/c1-12-4-3-5-13(2)19(12)22-16(24)10-11-23-20(25)17-14-6-7-15(9-8-14)18(17)21(23)26/h3-7,14-15,17-18H,8-11H2,1-2H3,(H,22,24)/t14-,15-,17+,18+/m0/s1. The Morgan fingerprint density at radius 3 is 2.08 bits per heavy atom. The summed E-state index contributed by atoms with van der Waals surface area (Å²) in [6.07, 6.45) is 6.33. The normalized spacial score (nSPS) is 29.2. The van der Waals surface area contributed by atoms with Gasteiger partial charge in [0, 0.05) is 18.7 Å². The molecule has 5 heteroatoms. The van der Waals surface area contributed by atoms with Crippen LogP contribution in [-0.2, 0) is 14.4 Å². The van der Waals surface area contributed by atoms with Gasteiger partial charge in [-0.05, 0) is 49.7 Å². The molecule has 5 rings (SSSR count). The van der Waals surface area contributed by atoms with Crippen molar-refractivity contribution in [2.24, 2.45) is 23.7 Å². The van der Waals surface area contributed by atoms with Crippen molar-refractivity contribution in [1.29, 1.82) is 0 Å². The third-order valence-corrected chi connectivity index (χ3v) is 6.16. The van der Waals surface area contributed by atoms with E-state index in [0.29, 0.717) is 0 Å². The summed E-state index contributed by atoms with van der Waals surface area (Å²) in [5.41, 5.74) is 2.81. The number of carbonyl (C=O) groups is 3. The van der Waals surface area contributed by atoms with E-state index in [-0.39, 0.29) is 54.4 Å². The summed E-state index contributed by atoms with van der Waals surface area (Å²) in [6, 6.07) is 5.85. The van der Waals surface area contributed by atoms with E-state index < -0.39 is 0 Å². The van der Waals surface area contributed by atoms with Crippen molar-refractivity contribution in [3.63, 3.8) is 0 Å². The molecule has 1 aliphatic heterocycles. The number of hydrogen-bond donors (Lipinski definition) is 1. The average Bonchev–Trinajstić information content (AvgIpc) is 2.90. The third kappa shape index (κ3) is 2.66. The summed E-state index contributed by atoms with van der Waals surface area (Å²) < 4.78 is 0. The zero-order valence-electron chi connectivity index (χ0n) is 15.2. The van der Waals surface area contributed by atoms with E-state index in [0.717, 1.165) is 29.7 Å². The van der Waals surface area contributed by atoms with Crippen LogP contribution in [0, 0.1) is 37.5 Å². The van der Waals surface area contributed by atoms with Crippen LogP contribution < -0.4 is 5.32 Å². The van der Waals surface area contributed by atoms with Gasteiger partial charge in [-0.1, -0.05) is 30.4 Å². The summed E-state index contributed by atoms with van der Waals surface area (Å²) >= 11 is 0. The van der Waals surface area contributed by atoms with Crippen molar-refractivity contribution >= 4 is 23.4 Å². The van der Waals surface area contributed by atoms with Gasteiger partial charge in [0.1, 0.15) is 0 Å². The SMILES string of the molecule is Cc1cccc(C)c1NC(=O)CCN1C(=O)[C@H]2[C@H](C1=O)[C@H]1C=C[C@H]2CC1. The van der Waals surface area contributed by atoms with Gasteiger partial charge in [-0.2, -0.15) is 0 Å². The number of anilines is 1. The Kier molecular flexibility index (Phi) is 4.17. The van der Waals surface area contributed by atoms with Crippen LogP contribution in [0.2, 0.25) is 0 Å². The predicted octanol–water partition coefficient (Wildman–Crippen LogP) is 2.83. The molecule has 1 heterocycles. The first-order valence-electron chi connectivity index (χ1n) is 9.37. The Balaban J connectivity index is 1.42. The van der Waals surface area contributed by atoms with Crippen LogP contribution >= 0.6 is 0 Å². The lowest BCUT2D eigenvalue weighted by Crippen LogP contribution is -2.38. The second kappa shape index (κ2) is 6.38. The van der Waals surface area contributed by atoms with E-state index in [1.165, 1.54) is 4.90 Å². The number of nitrogens with zero attached hydrogens (tertiary/aromatic N) is 1. The molecule has 2 fully saturated rings. The monoisotopic (exact) mass is 352 g/mol. The van der Waals surface area contributed by atoms with Crippen LogP contribution in [-0.4, -0.2) is 29.2 Å². The summed E-state index contributed by atoms with van der Waals surface area (Å²) in [6.45, 7) is 4.06. The lowest BCUT2D eigenvalue weighted by molar-refractivity contribution is -0.140. The molecule has 2 bridgehead atoms. The molecule has 0 aromatic heterocycles. The number of carbonyl (C=O) groups excluding carboxylic acids is 3. The topological polar surface area (TPSA) is 66.5 Å². The second-order valence-corrected chi connectivity index (χ2v) is 7.73. The van der Waals surface area contributed by atoms with Gasteiger partial charge in [-0.15, -0.1) is 0 Å². The minimum absolute atomic E-state index is 0.0843. The Labute approximate surface area is 153 Å². The maximum Gasteiger partial charge on any atom is 0.233 e. The Morgan fingerprint density at radius 2 is 1.58 bits per heavy atom.